The van der Waals surface area contributed by atoms with Crippen molar-refractivity contribution in [1.29, 1.82) is 0 Å². The van der Waals surface area contributed by atoms with Gasteiger partial charge in [-0.05, 0) is 50.7 Å². The van der Waals surface area contributed by atoms with Crippen LogP contribution >= 0.6 is 0 Å². The highest BCUT2D eigenvalue weighted by atomic mass is 16.7. The number of hydrogen-bond acceptors (Lipinski definition) is 21. The van der Waals surface area contributed by atoms with E-state index in [-0.39, 0.29) is 38.4 Å². The monoisotopic (exact) mass is 1100 g/mol. The molecule has 1 aromatic heterocycles. The van der Waals surface area contributed by atoms with E-state index < -0.39 is 141 Å². The van der Waals surface area contributed by atoms with Gasteiger partial charge in [-0.3, -0.25) is 9.59 Å². The lowest BCUT2D eigenvalue weighted by Gasteiger charge is -2.49. The van der Waals surface area contributed by atoms with Gasteiger partial charge in [0.2, 0.25) is 5.91 Å². The van der Waals surface area contributed by atoms with Crippen LogP contribution in [0.15, 0.2) is 78.7 Å². The number of fused-ring (bicyclic) bond motifs is 1. The number of nitrogens with zero attached hydrogens (tertiary/aromatic N) is 4. The zero-order chi connectivity index (χ0) is 55.4. The molecule has 24 heteroatoms. The zero-order valence-electron chi connectivity index (χ0n) is 43.7. The molecule has 2 aromatic carbocycles. The summed E-state index contributed by atoms with van der Waals surface area (Å²) in [6, 6.07) is 14.3. The van der Waals surface area contributed by atoms with E-state index in [9.17, 15) is 50.4 Å². The van der Waals surface area contributed by atoms with E-state index in [4.69, 9.17) is 42.6 Å². The van der Waals surface area contributed by atoms with Crippen LogP contribution in [0, 0.1) is 5.92 Å². The minimum Gasteiger partial charge on any atom is -0.457 e. The second-order valence-electron chi connectivity index (χ2n) is 20.9. The summed E-state index contributed by atoms with van der Waals surface area (Å²) in [6.07, 6.45) is -18.7. The summed E-state index contributed by atoms with van der Waals surface area (Å²) in [5.74, 6) is -0.540. The van der Waals surface area contributed by atoms with Crippen molar-refractivity contribution >= 4 is 17.9 Å². The fraction of sp³-hybridized carbons (Fsp3) is 0.630. The smallest absolute Gasteiger partial charge is 0.251 e. The average molecular weight is 1100 g/mol. The maximum atomic E-state index is 13.8. The highest BCUT2D eigenvalue weighted by molar-refractivity contribution is 5.81. The summed E-state index contributed by atoms with van der Waals surface area (Å²) in [6.45, 7) is 7.97. The lowest BCUT2D eigenvalue weighted by atomic mass is 9.81. The van der Waals surface area contributed by atoms with Crippen LogP contribution in [-0.4, -0.2) is 222 Å². The maximum absolute atomic E-state index is 13.8. The third-order valence-electron chi connectivity index (χ3n) is 15.3. The second-order valence-corrected chi connectivity index (χ2v) is 20.9. The number of aromatic nitrogens is 3. The molecule has 5 fully saturated rings. The number of likely N-dealkylation sites (tertiary alicyclic amines) is 1. The topological polar surface area (TPSA) is 325 Å². The predicted molar refractivity (Wildman–Crippen MR) is 271 cm³/mol. The molecule has 4 saturated heterocycles. The van der Waals surface area contributed by atoms with Crippen molar-refractivity contribution in [2.24, 2.45) is 5.92 Å². The lowest BCUT2D eigenvalue weighted by Crippen LogP contribution is -2.67. The molecule has 1 aliphatic carbocycles. The molecule has 20 atom stereocenters. The fourth-order valence-corrected chi connectivity index (χ4v) is 10.9. The van der Waals surface area contributed by atoms with Crippen molar-refractivity contribution in [3.8, 4) is 17.0 Å². The van der Waals surface area contributed by atoms with Crippen LogP contribution in [0.5, 0.6) is 5.75 Å². The number of aliphatic hydroxyl groups excluding tert-OH is 8. The van der Waals surface area contributed by atoms with Crippen LogP contribution in [-0.2, 0) is 47.5 Å². The van der Waals surface area contributed by atoms with E-state index in [2.05, 4.69) is 22.2 Å². The Balaban J connectivity index is 1.04. The molecule has 6 heterocycles. The average Bonchev–Trinajstić information content (AvgIpc) is 3.93. The van der Waals surface area contributed by atoms with Crippen molar-refractivity contribution in [3.63, 3.8) is 0 Å². The zero-order valence-corrected chi connectivity index (χ0v) is 43.7. The van der Waals surface area contributed by atoms with Crippen LogP contribution in [0.3, 0.4) is 0 Å². The van der Waals surface area contributed by atoms with Crippen LogP contribution < -0.4 is 10.1 Å². The van der Waals surface area contributed by atoms with Gasteiger partial charge in [-0.1, -0.05) is 73.7 Å². The number of rotatable bonds is 20. The van der Waals surface area contributed by atoms with E-state index >= 15 is 0 Å². The quantitative estimate of drug-likeness (QED) is 0.0701. The van der Waals surface area contributed by atoms with Crippen molar-refractivity contribution in [1.82, 2.24) is 25.2 Å². The molecular formula is C54H73N5O19. The van der Waals surface area contributed by atoms with Gasteiger partial charge in [0.1, 0.15) is 96.5 Å². The van der Waals surface area contributed by atoms with Gasteiger partial charge in [-0.2, -0.15) is 0 Å². The summed E-state index contributed by atoms with van der Waals surface area (Å²) in [4.78, 5) is 28.5. The molecule has 9 N–H and O–H groups in total. The third kappa shape index (κ3) is 12.7. The largest absolute Gasteiger partial charge is 0.457 e. The highest BCUT2D eigenvalue weighted by Gasteiger charge is 2.54. The summed E-state index contributed by atoms with van der Waals surface area (Å²) >= 11 is 0. The summed E-state index contributed by atoms with van der Waals surface area (Å²) in [5, 5.41) is 101. The first-order valence-corrected chi connectivity index (χ1v) is 26.7. The molecule has 0 spiro atoms. The van der Waals surface area contributed by atoms with Crippen LogP contribution in [0.1, 0.15) is 64.5 Å². The number of hydrogen-bond donors (Lipinski definition) is 9. The SMILES string of the molecule is C=C1Oc2ccccc2C=C1COC1C(O)[C@@H](OCC2CC(n3cc(-c4ccccc4)nn3)[C@@H](O[C@@H]3OC(C)[C@@H](O)[C@H](O)C3O)[C@H](O[C@@H]3O[C@@H](CO)[C@H](O)C(O[C@@H](CCC)C(=O)N4CCC4)C3NC(C)=O)C2)OC(CO)[C@H]1O. The number of ether oxygens (including phenoxy) is 9. The van der Waals surface area contributed by atoms with E-state index in [0.717, 1.165) is 17.5 Å². The van der Waals surface area contributed by atoms with Gasteiger partial charge in [-0.25, -0.2) is 4.68 Å². The van der Waals surface area contributed by atoms with Crippen LogP contribution in [0.2, 0.25) is 0 Å². The first-order valence-electron chi connectivity index (χ1n) is 26.7. The molecule has 9 unspecified atom stereocenters. The molecule has 78 heavy (non-hydrogen) atoms. The normalized spacial score (nSPS) is 36.4. The minimum absolute atomic E-state index is 0.00785. The van der Waals surface area contributed by atoms with Gasteiger partial charge < -0.3 is 93.7 Å². The van der Waals surface area contributed by atoms with Crippen LogP contribution in [0.25, 0.3) is 17.3 Å². The minimum atomic E-state index is -1.77. The first kappa shape index (κ1) is 57.8. The van der Waals surface area contributed by atoms with Gasteiger partial charge in [0.05, 0.1) is 50.9 Å². The van der Waals surface area contributed by atoms with Crippen LogP contribution in [0.4, 0.5) is 0 Å². The summed E-state index contributed by atoms with van der Waals surface area (Å²) in [5.41, 5.74) is 2.52. The van der Waals surface area contributed by atoms with Gasteiger partial charge in [0, 0.05) is 36.7 Å². The van der Waals surface area contributed by atoms with Gasteiger partial charge >= 0.3 is 0 Å². The Kier molecular flexibility index (Phi) is 19.1. The number of benzene rings is 2. The molecule has 2 amide bonds. The Bertz CT molecular complexity index is 2520. The van der Waals surface area contributed by atoms with Crippen molar-refractivity contribution < 1.29 is 93.1 Å². The summed E-state index contributed by atoms with van der Waals surface area (Å²) in [7, 11) is 0. The number of para-hydroxylation sites is 1. The van der Waals surface area contributed by atoms with E-state index in [1.165, 1.54) is 13.8 Å². The predicted octanol–water partition coefficient (Wildman–Crippen LogP) is -0.306. The van der Waals surface area contributed by atoms with E-state index in [0.29, 0.717) is 42.3 Å². The fourth-order valence-electron chi connectivity index (χ4n) is 10.9. The summed E-state index contributed by atoms with van der Waals surface area (Å²) < 4.78 is 58.4. The third-order valence-corrected chi connectivity index (χ3v) is 15.3. The Labute approximate surface area is 451 Å². The number of amides is 2. The molecule has 0 bridgehead atoms. The van der Waals surface area contributed by atoms with E-state index in [1.54, 1.807) is 21.8 Å². The number of nitrogens with one attached hydrogen (secondary N) is 1. The van der Waals surface area contributed by atoms with Crippen molar-refractivity contribution in [2.75, 3.05) is 39.5 Å². The maximum Gasteiger partial charge on any atom is 0.251 e. The van der Waals surface area contributed by atoms with Gasteiger partial charge in [-0.15, -0.1) is 5.10 Å². The van der Waals surface area contributed by atoms with Crippen molar-refractivity contribution in [2.45, 2.75) is 169 Å². The molecule has 0 radical (unpaired) electrons. The second kappa shape index (κ2) is 25.7. The molecule has 3 aromatic rings. The van der Waals surface area contributed by atoms with E-state index in [1.807, 2.05) is 61.5 Å². The molecule has 428 valence electrons. The lowest BCUT2D eigenvalue weighted by molar-refractivity contribution is -0.340. The molecule has 5 aliphatic heterocycles. The standard InChI is InChI=1S/C54H73N5O19/c1-5-12-37(51(69)58-17-11-18-58)74-49-41(55-29(4)62)52(76-39(23-60)43(49)64)75-38-20-30(25-71-53-47(68)50(44(65)40(24-61)77-53)70-26-33-21-32-15-9-10-16-36(32)72-27(33)2)19-35(59-22-34(56-57-59)31-13-7-6-8-14-31)48(38)78-54-46(67)45(66)42(63)28(3)73-54/h6-10,13-16,21-22,28,30,35,37-50,52-54,60-61,63-68H,2,5,11-12,17-20,23-26H2,1,3-4H3,(H,55,62)/t28?,30?,35?,37-,38+,39-,40?,41?,42+,43-,44+,45-,46?,47?,48+,49?,50?,52+,53-,54-/m0/s1. The molecule has 24 nitrogen and oxygen atoms in total. The number of carbonyl (C=O) groups is 2. The Hall–Kier alpha value is -4.84. The first-order chi connectivity index (χ1) is 37.6. The van der Waals surface area contributed by atoms with Gasteiger partial charge in [0.15, 0.2) is 18.9 Å². The molecule has 6 aliphatic rings. The van der Waals surface area contributed by atoms with Crippen molar-refractivity contribution in [3.05, 3.63) is 84.3 Å². The Morgan fingerprint density at radius 3 is 2.21 bits per heavy atom. The number of aliphatic hydroxyl groups is 8. The Morgan fingerprint density at radius 1 is 0.808 bits per heavy atom. The highest BCUT2D eigenvalue weighted by Crippen LogP contribution is 2.42. The Morgan fingerprint density at radius 2 is 1.51 bits per heavy atom. The number of carbonyl (C=O) groups excluding carboxylic acids is 2. The molecular weight excluding hydrogens is 1020 g/mol. The molecule has 1 saturated carbocycles. The van der Waals surface area contributed by atoms with Gasteiger partial charge in [0.25, 0.3) is 5.91 Å². The molecule has 9 rings (SSSR count).